The number of nitrogens with one attached hydrogen (secondary N) is 1. The van der Waals surface area contributed by atoms with Crippen LogP contribution in [0.2, 0.25) is 0 Å². The molecule has 7 heteroatoms. The van der Waals surface area contributed by atoms with Crippen LogP contribution >= 0.6 is 0 Å². The van der Waals surface area contributed by atoms with E-state index in [9.17, 15) is 14.8 Å². The number of fused-ring (bicyclic) bond motifs is 1. The first-order valence-electron chi connectivity index (χ1n) is 7.70. The molecule has 0 saturated heterocycles. The van der Waals surface area contributed by atoms with Gasteiger partial charge in [-0.3, -0.25) is 14.6 Å². The van der Waals surface area contributed by atoms with Crippen LogP contribution in [0, 0.1) is 0 Å². The zero-order valence-electron chi connectivity index (χ0n) is 13.6. The maximum Gasteiger partial charge on any atom is 0.296 e. The van der Waals surface area contributed by atoms with Crippen LogP contribution in [0.4, 0.5) is 0 Å². The molecule has 0 aliphatic heterocycles. The van der Waals surface area contributed by atoms with Gasteiger partial charge in [0.15, 0.2) is 0 Å². The van der Waals surface area contributed by atoms with Gasteiger partial charge in [-0.2, -0.15) is 0 Å². The van der Waals surface area contributed by atoms with Crippen molar-refractivity contribution in [2.45, 2.75) is 6.42 Å². The number of aromatic nitrogens is 2. The molecule has 7 nitrogen and oxygen atoms in total. The van der Waals surface area contributed by atoms with E-state index in [0.717, 1.165) is 5.56 Å². The summed E-state index contributed by atoms with van der Waals surface area (Å²) in [5.41, 5.74) is 0.412. The van der Waals surface area contributed by atoms with Gasteiger partial charge in [0.05, 0.1) is 12.6 Å². The summed E-state index contributed by atoms with van der Waals surface area (Å²) in [6, 6.07) is 10.1. The molecule has 0 aliphatic rings. The number of rotatable bonds is 5. The first-order valence-corrected chi connectivity index (χ1v) is 7.70. The number of carbonyl (C=O) groups is 1. The Hall–Kier alpha value is -3.35. The molecular formula is C18H17N3O4. The Morgan fingerprint density at radius 3 is 2.72 bits per heavy atom. The third-order valence-electron chi connectivity index (χ3n) is 3.88. The summed E-state index contributed by atoms with van der Waals surface area (Å²) in [7, 11) is 1.49. The van der Waals surface area contributed by atoms with Crippen LogP contribution in [0.25, 0.3) is 10.9 Å². The van der Waals surface area contributed by atoms with Gasteiger partial charge in [0.1, 0.15) is 11.3 Å². The molecule has 1 amide bonds. The second-order valence-electron chi connectivity index (χ2n) is 5.46. The van der Waals surface area contributed by atoms with Crippen molar-refractivity contribution < 1.29 is 14.7 Å². The van der Waals surface area contributed by atoms with Crippen molar-refractivity contribution in [3.63, 3.8) is 0 Å². The highest BCUT2D eigenvalue weighted by atomic mass is 16.5. The summed E-state index contributed by atoms with van der Waals surface area (Å²) in [6.45, 7) is 0.369. The van der Waals surface area contributed by atoms with E-state index < -0.39 is 11.5 Å². The Labute approximate surface area is 143 Å². The fourth-order valence-electron chi connectivity index (χ4n) is 2.52. The molecule has 3 aromatic rings. The third kappa shape index (κ3) is 3.45. The number of methoxy groups -OCH3 is 1. The Morgan fingerprint density at radius 2 is 2.00 bits per heavy atom. The van der Waals surface area contributed by atoms with Gasteiger partial charge in [-0.25, -0.2) is 0 Å². The van der Waals surface area contributed by atoms with Gasteiger partial charge in [0.25, 0.3) is 11.5 Å². The fraction of sp³-hybridized carbons (Fsp3) is 0.167. The minimum atomic E-state index is -0.776. The maximum absolute atomic E-state index is 12.3. The Bertz CT molecular complexity index is 967. The molecule has 0 bridgehead atoms. The molecule has 3 rings (SSSR count). The van der Waals surface area contributed by atoms with E-state index in [1.807, 2.05) is 12.1 Å². The number of amides is 1. The molecule has 0 radical (unpaired) electrons. The highest BCUT2D eigenvalue weighted by Gasteiger charge is 2.15. The molecule has 2 aromatic heterocycles. The summed E-state index contributed by atoms with van der Waals surface area (Å²) in [5, 5.41) is 13.3. The van der Waals surface area contributed by atoms with Gasteiger partial charge in [0, 0.05) is 30.4 Å². The van der Waals surface area contributed by atoms with Crippen LogP contribution in [0.15, 0.2) is 53.6 Å². The number of ether oxygens (including phenoxy) is 1. The molecule has 25 heavy (non-hydrogen) atoms. The third-order valence-corrected chi connectivity index (χ3v) is 3.88. The van der Waals surface area contributed by atoms with Crippen molar-refractivity contribution in [3.8, 4) is 5.75 Å². The summed E-state index contributed by atoms with van der Waals surface area (Å²) < 4.78 is 5.55. The number of pyridine rings is 2. The molecular weight excluding hydrogens is 322 g/mol. The predicted molar refractivity (Wildman–Crippen MR) is 92.2 cm³/mol. The zero-order valence-corrected chi connectivity index (χ0v) is 13.6. The fourth-order valence-corrected chi connectivity index (χ4v) is 2.52. The van der Waals surface area contributed by atoms with Gasteiger partial charge in [0.2, 0.25) is 0 Å². The summed E-state index contributed by atoms with van der Waals surface area (Å²) >= 11 is 0. The molecule has 0 saturated carbocycles. The SMILES string of the molecule is COc1ccc2cc(C(=O)NCCc3ccncc3)c(=O)n(O)c2c1. The first-order chi connectivity index (χ1) is 12.1. The van der Waals surface area contributed by atoms with E-state index in [0.29, 0.717) is 28.8 Å². The lowest BCUT2D eigenvalue weighted by Crippen LogP contribution is -2.33. The number of benzene rings is 1. The molecule has 0 unspecified atom stereocenters. The van der Waals surface area contributed by atoms with Crippen molar-refractivity contribution >= 4 is 16.8 Å². The lowest BCUT2D eigenvalue weighted by Gasteiger charge is -2.09. The van der Waals surface area contributed by atoms with Gasteiger partial charge in [-0.1, -0.05) is 0 Å². The van der Waals surface area contributed by atoms with E-state index in [1.54, 1.807) is 24.5 Å². The van der Waals surface area contributed by atoms with Crippen molar-refractivity contribution in [2.75, 3.05) is 13.7 Å². The molecule has 2 heterocycles. The predicted octanol–water partition coefficient (Wildman–Crippen LogP) is 1.61. The standard InChI is InChI=1S/C18H17N3O4/c1-25-14-3-2-13-10-15(18(23)21(24)16(13)11-14)17(22)20-9-6-12-4-7-19-8-5-12/h2-5,7-8,10-11,24H,6,9H2,1H3,(H,20,22). The minimum absolute atomic E-state index is 0.116. The molecule has 1 aromatic carbocycles. The van der Waals surface area contributed by atoms with Crippen LogP contribution < -0.4 is 15.6 Å². The monoisotopic (exact) mass is 339 g/mol. The second kappa shape index (κ2) is 7.04. The van der Waals surface area contributed by atoms with Gasteiger partial charge in [-0.05, 0) is 42.3 Å². The molecule has 0 aliphatic carbocycles. The number of hydrogen-bond donors (Lipinski definition) is 2. The lowest BCUT2D eigenvalue weighted by atomic mass is 10.1. The van der Waals surface area contributed by atoms with Crippen molar-refractivity contribution in [3.05, 3.63) is 70.3 Å². The number of hydrogen-bond acceptors (Lipinski definition) is 5. The first kappa shape index (κ1) is 16.5. The van der Waals surface area contributed by atoms with Crippen molar-refractivity contribution in [2.24, 2.45) is 0 Å². The highest BCUT2D eigenvalue weighted by molar-refractivity contribution is 5.97. The Kier molecular flexibility index (Phi) is 4.65. The normalized spacial score (nSPS) is 10.6. The number of carbonyl (C=O) groups excluding carboxylic acids is 1. The van der Waals surface area contributed by atoms with Crippen LogP contribution in [0.3, 0.4) is 0 Å². The quantitative estimate of drug-likeness (QED) is 0.689. The largest absolute Gasteiger partial charge is 0.497 e. The van der Waals surface area contributed by atoms with E-state index >= 15 is 0 Å². The Morgan fingerprint density at radius 1 is 1.24 bits per heavy atom. The van der Waals surface area contributed by atoms with Gasteiger partial charge in [-0.15, -0.1) is 4.73 Å². The van der Waals surface area contributed by atoms with Crippen LogP contribution in [0.5, 0.6) is 5.75 Å². The van der Waals surface area contributed by atoms with E-state index in [4.69, 9.17) is 4.74 Å². The van der Waals surface area contributed by atoms with Crippen LogP contribution in [0.1, 0.15) is 15.9 Å². The summed E-state index contributed by atoms with van der Waals surface area (Å²) in [6.07, 6.45) is 3.98. The van der Waals surface area contributed by atoms with Crippen LogP contribution in [-0.2, 0) is 6.42 Å². The summed E-state index contributed by atoms with van der Waals surface area (Å²) in [4.78, 5) is 28.5. The molecule has 0 atom stereocenters. The van der Waals surface area contributed by atoms with Crippen molar-refractivity contribution in [1.29, 1.82) is 0 Å². The average molecular weight is 339 g/mol. The summed E-state index contributed by atoms with van der Waals surface area (Å²) in [5.74, 6) is -0.0242. The van der Waals surface area contributed by atoms with Gasteiger partial charge < -0.3 is 15.3 Å². The second-order valence-corrected chi connectivity index (χ2v) is 5.46. The van der Waals surface area contributed by atoms with E-state index in [2.05, 4.69) is 10.3 Å². The average Bonchev–Trinajstić information content (AvgIpc) is 2.65. The maximum atomic E-state index is 12.3. The Balaban J connectivity index is 1.81. The van der Waals surface area contributed by atoms with E-state index in [-0.39, 0.29) is 11.1 Å². The minimum Gasteiger partial charge on any atom is -0.497 e. The number of nitrogens with zero attached hydrogens (tertiary/aromatic N) is 2. The highest BCUT2D eigenvalue weighted by Crippen LogP contribution is 2.19. The topological polar surface area (TPSA) is 93.5 Å². The smallest absolute Gasteiger partial charge is 0.296 e. The molecule has 128 valence electrons. The molecule has 2 N–H and O–H groups in total. The van der Waals surface area contributed by atoms with Crippen LogP contribution in [-0.4, -0.2) is 34.5 Å². The lowest BCUT2D eigenvalue weighted by molar-refractivity contribution is 0.0947. The van der Waals surface area contributed by atoms with E-state index in [1.165, 1.54) is 19.2 Å². The zero-order chi connectivity index (χ0) is 17.8. The molecule has 0 spiro atoms. The molecule has 0 fully saturated rings. The van der Waals surface area contributed by atoms with Crippen molar-refractivity contribution in [1.82, 2.24) is 15.0 Å². The van der Waals surface area contributed by atoms with Gasteiger partial charge >= 0.3 is 0 Å².